The molecule has 1 heterocycles. The molecule has 0 saturated carbocycles. The van der Waals surface area contributed by atoms with Crippen LogP contribution < -0.4 is 10.6 Å². The normalized spacial score (nSPS) is 23.8. The topological polar surface area (TPSA) is 39.7 Å². The Bertz CT molecular complexity index is 252. The van der Waals surface area contributed by atoms with Gasteiger partial charge in [-0.1, -0.05) is 13.8 Å². The molecule has 0 aliphatic carbocycles. The third kappa shape index (κ3) is 5.25. The van der Waals surface area contributed by atoms with E-state index in [-0.39, 0.29) is 0 Å². The maximum atomic E-state index is 4.23. The van der Waals surface area contributed by atoms with Gasteiger partial charge in [-0.05, 0) is 38.6 Å². The second kappa shape index (κ2) is 8.35. The van der Waals surface area contributed by atoms with Crippen molar-refractivity contribution in [2.75, 3.05) is 33.2 Å². The lowest BCUT2D eigenvalue weighted by Crippen LogP contribution is -2.48. The zero-order chi connectivity index (χ0) is 13.4. The van der Waals surface area contributed by atoms with E-state index in [2.05, 4.69) is 41.3 Å². The first-order valence-electron chi connectivity index (χ1n) is 7.36. The van der Waals surface area contributed by atoms with Crippen LogP contribution in [0.2, 0.25) is 0 Å². The highest BCUT2D eigenvalue weighted by Gasteiger charge is 2.20. The number of nitrogens with zero attached hydrogens (tertiary/aromatic N) is 2. The van der Waals surface area contributed by atoms with Crippen LogP contribution in [0.15, 0.2) is 4.99 Å². The summed E-state index contributed by atoms with van der Waals surface area (Å²) < 4.78 is 0. The number of likely N-dealkylation sites (tertiary alicyclic amines) is 1. The molecule has 1 fully saturated rings. The van der Waals surface area contributed by atoms with Crippen molar-refractivity contribution in [3.8, 4) is 0 Å². The average molecular weight is 254 g/mol. The predicted molar refractivity (Wildman–Crippen MR) is 79.1 cm³/mol. The van der Waals surface area contributed by atoms with Crippen LogP contribution in [0.4, 0.5) is 0 Å². The lowest BCUT2D eigenvalue weighted by Gasteiger charge is -2.35. The zero-order valence-electron chi connectivity index (χ0n) is 12.5. The van der Waals surface area contributed by atoms with Crippen LogP contribution in [0.5, 0.6) is 0 Å². The standard InChI is InChI=1S/C14H30N4/c1-5-8-16-14(15-4)17-10-13(3)18-9-6-7-12(2)11-18/h12-13H,5-11H2,1-4H3,(H2,15,16,17). The van der Waals surface area contributed by atoms with Crippen molar-refractivity contribution in [1.29, 1.82) is 0 Å². The zero-order valence-corrected chi connectivity index (χ0v) is 12.5. The molecule has 0 radical (unpaired) electrons. The SMILES string of the molecule is CCCNC(=NC)NCC(C)N1CCCC(C)C1. The molecule has 1 saturated heterocycles. The molecule has 0 aromatic rings. The second-order valence-electron chi connectivity index (χ2n) is 5.47. The monoisotopic (exact) mass is 254 g/mol. The van der Waals surface area contributed by atoms with Crippen molar-refractivity contribution in [2.45, 2.75) is 46.1 Å². The van der Waals surface area contributed by atoms with E-state index in [1.807, 2.05) is 7.05 Å². The van der Waals surface area contributed by atoms with Gasteiger partial charge in [-0.25, -0.2) is 0 Å². The molecule has 1 aliphatic rings. The number of hydrogen-bond donors (Lipinski definition) is 2. The molecule has 0 bridgehead atoms. The van der Waals surface area contributed by atoms with E-state index in [9.17, 15) is 0 Å². The van der Waals surface area contributed by atoms with Gasteiger partial charge in [0.15, 0.2) is 5.96 Å². The van der Waals surface area contributed by atoms with Gasteiger partial charge in [0.05, 0.1) is 0 Å². The molecule has 0 aromatic heterocycles. The molecule has 0 aromatic carbocycles. The molecule has 106 valence electrons. The van der Waals surface area contributed by atoms with E-state index in [4.69, 9.17) is 0 Å². The summed E-state index contributed by atoms with van der Waals surface area (Å²) in [5.41, 5.74) is 0. The Kier molecular flexibility index (Phi) is 7.09. The van der Waals surface area contributed by atoms with Crippen LogP contribution in [0.1, 0.15) is 40.0 Å². The van der Waals surface area contributed by atoms with Crippen LogP contribution in [0.3, 0.4) is 0 Å². The number of aliphatic imine (C=N–C) groups is 1. The lowest BCUT2D eigenvalue weighted by atomic mass is 9.99. The van der Waals surface area contributed by atoms with E-state index in [0.717, 1.165) is 31.4 Å². The highest BCUT2D eigenvalue weighted by molar-refractivity contribution is 5.79. The maximum Gasteiger partial charge on any atom is 0.191 e. The third-order valence-corrected chi connectivity index (χ3v) is 3.64. The predicted octanol–water partition coefficient (Wildman–Crippen LogP) is 1.68. The van der Waals surface area contributed by atoms with Crippen LogP contribution in [-0.2, 0) is 0 Å². The molecule has 2 unspecified atom stereocenters. The number of hydrogen-bond acceptors (Lipinski definition) is 2. The first-order valence-corrected chi connectivity index (χ1v) is 7.36. The molecular formula is C14H30N4. The molecule has 2 atom stereocenters. The van der Waals surface area contributed by atoms with Crippen LogP contribution >= 0.6 is 0 Å². The van der Waals surface area contributed by atoms with Crippen molar-refractivity contribution in [2.24, 2.45) is 10.9 Å². The molecule has 4 nitrogen and oxygen atoms in total. The van der Waals surface area contributed by atoms with E-state index in [1.165, 1.54) is 25.9 Å². The van der Waals surface area contributed by atoms with Crippen molar-refractivity contribution >= 4 is 5.96 Å². The van der Waals surface area contributed by atoms with E-state index in [0.29, 0.717) is 6.04 Å². The minimum Gasteiger partial charge on any atom is -0.356 e. The van der Waals surface area contributed by atoms with E-state index in [1.54, 1.807) is 0 Å². The smallest absolute Gasteiger partial charge is 0.191 e. The molecule has 1 rings (SSSR count). The Morgan fingerprint density at radius 2 is 2.22 bits per heavy atom. The van der Waals surface area contributed by atoms with Gasteiger partial charge in [0, 0.05) is 32.7 Å². The van der Waals surface area contributed by atoms with Gasteiger partial charge in [0.25, 0.3) is 0 Å². The molecule has 18 heavy (non-hydrogen) atoms. The largest absolute Gasteiger partial charge is 0.356 e. The Labute approximate surface area is 112 Å². The fraction of sp³-hybridized carbons (Fsp3) is 0.929. The van der Waals surface area contributed by atoms with Gasteiger partial charge in [-0.15, -0.1) is 0 Å². The maximum absolute atomic E-state index is 4.23. The van der Waals surface area contributed by atoms with Crippen molar-refractivity contribution < 1.29 is 0 Å². The number of nitrogens with one attached hydrogen (secondary N) is 2. The van der Waals surface area contributed by atoms with Crippen LogP contribution in [0.25, 0.3) is 0 Å². The fourth-order valence-corrected chi connectivity index (χ4v) is 2.46. The molecular weight excluding hydrogens is 224 g/mol. The summed E-state index contributed by atoms with van der Waals surface area (Å²) in [6.07, 6.45) is 3.85. The van der Waals surface area contributed by atoms with Crippen molar-refractivity contribution in [1.82, 2.24) is 15.5 Å². The molecule has 2 N–H and O–H groups in total. The molecule has 4 heteroatoms. The van der Waals surface area contributed by atoms with Crippen LogP contribution in [-0.4, -0.2) is 50.1 Å². The minimum absolute atomic E-state index is 0.577. The summed E-state index contributed by atoms with van der Waals surface area (Å²) in [5.74, 6) is 1.77. The number of piperidine rings is 1. The Balaban J connectivity index is 2.28. The summed E-state index contributed by atoms with van der Waals surface area (Å²) in [6.45, 7) is 11.3. The summed E-state index contributed by atoms with van der Waals surface area (Å²) in [4.78, 5) is 6.83. The Morgan fingerprint density at radius 1 is 1.44 bits per heavy atom. The van der Waals surface area contributed by atoms with Gasteiger partial charge in [0.2, 0.25) is 0 Å². The number of guanidine groups is 1. The fourth-order valence-electron chi connectivity index (χ4n) is 2.46. The second-order valence-corrected chi connectivity index (χ2v) is 5.47. The van der Waals surface area contributed by atoms with Crippen LogP contribution in [0, 0.1) is 5.92 Å². The average Bonchev–Trinajstić information content (AvgIpc) is 2.38. The van der Waals surface area contributed by atoms with Gasteiger partial charge in [0.1, 0.15) is 0 Å². The first kappa shape index (κ1) is 15.3. The summed E-state index contributed by atoms with van der Waals surface area (Å²) in [5, 5.41) is 6.72. The summed E-state index contributed by atoms with van der Waals surface area (Å²) in [6, 6.07) is 0.577. The van der Waals surface area contributed by atoms with E-state index < -0.39 is 0 Å². The van der Waals surface area contributed by atoms with Crippen molar-refractivity contribution in [3.63, 3.8) is 0 Å². The molecule has 0 amide bonds. The number of rotatable bonds is 5. The Morgan fingerprint density at radius 3 is 2.83 bits per heavy atom. The molecule has 1 aliphatic heterocycles. The van der Waals surface area contributed by atoms with Gasteiger partial charge in [-0.3, -0.25) is 9.89 Å². The van der Waals surface area contributed by atoms with Crippen molar-refractivity contribution in [3.05, 3.63) is 0 Å². The highest BCUT2D eigenvalue weighted by Crippen LogP contribution is 2.17. The summed E-state index contributed by atoms with van der Waals surface area (Å²) >= 11 is 0. The molecule has 0 spiro atoms. The van der Waals surface area contributed by atoms with E-state index >= 15 is 0 Å². The lowest BCUT2D eigenvalue weighted by molar-refractivity contribution is 0.139. The Hall–Kier alpha value is -0.770. The van der Waals surface area contributed by atoms with Gasteiger partial charge >= 0.3 is 0 Å². The third-order valence-electron chi connectivity index (χ3n) is 3.64. The highest BCUT2D eigenvalue weighted by atomic mass is 15.2. The van der Waals surface area contributed by atoms with Gasteiger partial charge in [-0.2, -0.15) is 0 Å². The summed E-state index contributed by atoms with van der Waals surface area (Å²) in [7, 11) is 1.83. The quantitative estimate of drug-likeness (QED) is 0.579. The minimum atomic E-state index is 0.577. The first-order chi connectivity index (χ1) is 8.67. The van der Waals surface area contributed by atoms with Gasteiger partial charge < -0.3 is 10.6 Å².